The predicted molar refractivity (Wildman–Crippen MR) is 72.7 cm³/mol. The van der Waals surface area contributed by atoms with Gasteiger partial charge in [0.05, 0.1) is 5.69 Å². The summed E-state index contributed by atoms with van der Waals surface area (Å²) in [6, 6.07) is 3.84. The fourth-order valence-corrected chi connectivity index (χ4v) is 3.16. The average molecular weight is 313 g/mol. The second-order valence-corrected chi connectivity index (χ2v) is 5.73. The molecule has 90 valence electrons. The minimum Gasteiger partial charge on any atom is -0.292 e. The van der Waals surface area contributed by atoms with Crippen LogP contribution < -0.4 is 0 Å². The van der Waals surface area contributed by atoms with Gasteiger partial charge in [-0.15, -0.1) is 11.3 Å². The lowest BCUT2D eigenvalue weighted by atomic mass is 10.2. The molecule has 2 rings (SSSR count). The fraction of sp³-hybridized carbons (Fsp3) is 0.333. The van der Waals surface area contributed by atoms with Crippen molar-refractivity contribution in [3.05, 3.63) is 38.3 Å². The molecule has 2 aromatic rings. The van der Waals surface area contributed by atoms with Gasteiger partial charge in [-0.25, -0.2) is 0 Å². The molecule has 2 aromatic heterocycles. The Bertz CT molecular complexity index is 544. The van der Waals surface area contributed by atoms with E-state index in [0.29, 0.717) is 12.1 Å². The summed E-state index contributed by atoms with van der Waals surface area (Å²) in [6.07, 6.45) is 0.446. The molecule has 17 heavy (non-hydrogen) atoms. The highest BCUT2D eigenvalue weighted by molar-refractivity contribution is 9.10. The van der Waals surface area contributed by atoms with E-state index in [0.717, 1.165) is 21.6 Å². The molecule has 2 heterocycles. The largest absolute Gasteiger partial charge is 0.292 e. The molecular formula is C12H13BrN2OS. The van der Waals surface area contributed by atoms with Crippen molar-refractivity contribution in [1.29, 1.82) is 0 Å². The summed E-state index contributed by atoms with van der Waals surface area (Å²) in [5, 5.41) is 6.28. The number of hydrogen-bond acceptors (Lipinski definition) is 3. The van der Waals surface area contributed by atoms with Gasteiger partial charge in [-0.1, -0.05) is 0 Å². The maximum atomic E-state index is 12.1. The molecular weight excluding hydrogens is 300 g/mol. The minimum absolute atomic E-state index is 0.127. The van der Waals surface area contributed by atoms with Gasteiger partial charge in [-0.05, 0) is 41.9 Å². The van der Waals surface area contributed by atoms with E-state index in [2.05, 4.69) is 21.0 Å². The van der Waals surface area contributed by atoms with E-state index in [9.17, 15) is 4.79 Å². The first-order valence-electron chi connectivity index (χ1n) is 5.40. The lowest BCUT2D eigenvalue weighted by molar-refractivity contribution is 0.0983. The lowest BCUT2D eigenvalue weighted by Gasteiger charge is -2.02. The Hall–Kier alpha value is -0.940. The Morgan fingerprint density at radius 3 is 2.88 bits per heavy atom. The van der Waals surface area contributed by atoms with E-state index in [-0.39, 0.29) is 5.78 Å². The van der Waals surface area contributed by atoms with E-state index in [4.69, 9.17) is 0 Å². The molecule has 0 fully saturated rings. The van der Waals surface area contributed by atoms with Crippen LogP contribution in [-0.2, 0) is 13.0 Å². The highest BCUT2D eigenvalue weighted by Crippen LogP contribution is 2.21. The van der Waals surface area contributed by atoms with Gasteiger partial charge in [0.25, 0.3) is 0 Å². The zero-order valence-corrected chi connectivity index (χ0v) is 12.1. The van der Waals surface area contributed by atoms with E-state index in [1.54, 1.807) is 16.0 Å². The molecule has 5 heteroatoms. The highest BCUT2D eigenvalue weighted by Gasteiger charge is 2.14. The molecule has 0 bridgehead atoms. The van der Waals surface area contributed by atoms with E-state index < -0.39 is 0 Å². The first-order valence-corrected chi connectivity index (χ1v) is 7.08. The standard InChI is InChI=1S/C12H13BrN2OS/c1-3-15-11(4-8(2)14-15)12(16)6-10-5-9(13)7-17-10/h4-5,7H,3,6H2,1-2H3. The van der Waals surface area contributed by atoms with Gasteiger partial charge in [0.15, 0.2) is 5.78 Å². The Morgan fingerprint density at radius 1 is 1.53 bits per heavy atom. The molecule has 0 atom stereocenters. The number of nitrogens with zero attached hydrogens (tertiary/aromatic N) is 2. The Kier molecular flexibility index (Phi) is 3.79. The first-order chi connectivity index (χ1) is 8.10. The molecule has 0 saturated carbocycles. The van der Waals surface area contributed by atoms with Crippen LogP contribution in [0.3, 0.4) is 0 Å². The summed E-state index contributed by atoms with van der Waals surface area (Å²) in [4.78, 5) is 13.2. The highest BCUT2D eigenvalue weighted by atomic mass is 79.9. The SMILES string of the molecule is CCn1nc(C)cc1C(=O)Cc1cc(Br)cs1. The first kappa shape index (κ1) is 12.5. The van der Waals surface area contributed by atoms with Gasteiger partial charge in [0.2, 0.25) is 0 Å². The summed E-state index contributed by atoms with van der Waals surface area (Å²) < 4.78 is 2.80. The second-order valence-electron chi connectivity index (χ2n) is 3.82. The van der Waals surface area contributed by atoms with Crippen molar-refractivity contribution >= 4 is 33.0 Å². The van der Waals surface area contributed by atoms with Gasteiger partial charge in [-0.2, -0.15) is 5.10 Å². The molecule has 0 spiro atoms. The fourth-order valence-electron chi connectivity index (χ4n) is 1.71. The number of carbonyl (C=O) groups excluding carboxylic acids is 1. The quantitative estimate of drug-likeness (QED) is 0.810. The Labute approximate surface area is 113 Å². The van der Waals surface area contributed by atoms with Crippen LogP contribution >= 0.6 is 27.3 Å². The normalized spacial score (nSPS) is 10.8. The molecule has 0 aromatic carbocycles. The molecule has 0 unspecified atom stereocenters. The van der Waals surface area contributed by atoms with Crippen molar-refractivity contribution < 1.29 is 4.79 Å². The van der Waals surface area contributed by atoms with Crippen molar-refractivity contribution in [3.8, 4) is 0 Å². The Morgan fingerprint density at radius 2 is 2.29 bits per heavy atom. The van der Waals surface area contributed by atoms with E-state index >= 15 is 0 Å². The number of ketones is 1. The number of rotatable bonds is 4. The lowest BCUT2D eigenvalue weighted by Crippen LogP contribution is -2.11. The topological polar surface area (TPSA) is 34.9 Å². The van der Waals surface area contributed by atoms with Crippen LogP contribution in [0.1, 0.15) is 28.0 Å². The second kappa shape index (κ2) is 5.14. The molecule has 0 saturated heterocycles. The van der Waals surface area contributed by atoms with Crippen LogP contribution in [0.4, 0.5) is 0 Å². The van der Waals surface area contributed by atoms with Crippen LogP contribution in [-0.4, -0.2) is 15.6 Å². The summed E-state index contributed by atoms with van der Waals surface area (Å²) >= 11 is 4.99. The molecule has 0 amide bonds. The smallest absolute Gasteiger partial charge is 0.186 e. The van der Waals surface area contributed by atoms with Crippen LogP contribution in [0.2, 0.25) is 0 Å². The van der Waals surface area contributed by atoms with Crippen molar-refractivity contribution in [2.24, 2.45) is 0 Å². The maximum absolute atomic E-state index is 12.1. The van der Waals surface area contributed by atoms with Gasteiger partial charge in [-0.3, -0.25) is 9.48 Å². The third kappa shape index (κ3) is 2.84. The maximum Gasteiger partial charge on any atom is 0.186 e. The van der Waals surface area contributed by atoms with Crippen molar-refractivity contribution in [2.75, 3.05) is 0 Å². The third-order valence-corrected chi connectivity index (χ3v) is 4.14. The van der Waals surface area contributed by atoms with Gasteiger partial charge in [0, 0.05) is 27.7 Å². The third-order valence-electron chi connectivity index (χ3n) is 2.44. The molecule has 0 radical (unpaired) electrons. The number of aromatic nitrogens is 2. The number of halogens is 1. The zero-order chi connectivity index (χ0) is 12.4. The van der Waals surface area contributed by atoms with Crippen LogP contribution in [0.5, 0.6) is 0 Å². The van der Waals surface area contributed by atoms with E-state index in [1.165, 1.54) is 0 Å². The summed E-state index contributed by atoms with van der Waals surface area (Å²) in [5.74, 6) is 0.127. The summed E-state index contributed by atoms with van der Waals surface area (Å²) in [7, 11) is 0. The zero-order valence-electron chi connectivity index (χ0n) is 9.74. The number of carbonyl (C=O) groups is 1. The van der Waals surface area contributed by atoms with Crippen molar-refractivity contribution in [2.45, 2.75) is 26.8 Å². The summed E-state index contributed by atoms with van der Waals surface area (Å²) in [5.41, 5.74) is 1.59. The molecule has 0 N–H and O–H groups in total. The number of Topliss-reactive ketones (excluding diaryl/α,β-unsaturated/α-hetero) is 1. The molecule has 3 nitrogen and oxygen atoms in total. The van der Waals surface area contributed by atoms with Crippen molar-refractivity contribution in [3.63, 3.8) is 0 Å². The number of hydrogen-bond donors (Lipinski definition) is 0. The Balaban J connectivity index is 2.19. The molecule has 0 aliphatic carbocycles. The van der Waals surface area contributed by atoms with Crippen molar-refractivity contribution in [1.82, 2.24) is 9.78 Å². The van der Waals surface area contributed by atoms with Crippen LogP contribution in [0, 0.1) is 6.92 Å². The van der Waals surface area contributed by atoms with Crippen LogP contribution in [0.25, 0.3) is 0 Å². The average Bonchev–Trinajstić information content (AvgIpc) is 2.84. The minimum atomic E-state index is 0.127. The van der Waals surface area contributed by atoms with E-state index in [1.807, 2.05) is 31.4 Å². The molecule has 0 aliphatic rings. The van der Waals surface area contributed by atoms with Crippen LogP contribution in [0.15, 0.2) is 22.0 Å². The number of aryl methyl sites for hydroxylation is 2. The van der Waals surface area contributed by atoms with Gasteiger partial charge in [0.1, 0.15) is 5.69 Å². The number of thiophene rings is 1. The predicted octanol–water partition coefficient (Wildman–Crippen LogP) is 3.46. The summed E-state index contributed by atoms with van der Waals surface area (Å²) in [6.45, 7) is 4.62. The molecule has 0 aliphatic heterocycles. The van der Waals surface area contributed by atoms with Gasteiger partial charge < -0.3 is 0 Å². The van der Waals surface area contributed by atoms with Gasteiger partial charge >= 0.3 is 0 Å². The monoisotopic (exact) mass is 312 g/mol.